The first-order valence-corrected chi connectivity index (χ1v) is 10.0. The largest absolute Gasteiger partial charge is 0.485 e. The van der Waals surface area contributed by atoms with Crippen LogP contribution in [0.4, 0.5) is 0 Å². The van der Waals surface area contributed by atoms with E-state index in [1.54, 1.807) is 6.08 Å². The van der Waals surface area contributed by atoms with Gasteiger partial charge in [0.2, 0.25) is 0 Å². The Morgan fingerprint density at radius 3 is 3.00 bits per heavy atom. The number of halogens is 1. The third-order valence-corrected chi connectivity index (χ3v) is 5.57. The predicted molar refractivity (Wildman–Crippen MR) is 98.8 cm³/mol. The monoisotopic (exact) mass is 373 g/mol. The minimum atomic E-state index is -0.220. The molecule has 0 saturated carbocycles. The standard InChI is InChI=1S/C19H32ClNO4/c1-2-3-4-5-15(23)8-10-21-11-9-18(20)19(21)14-24-13-17-7-6-16(12-22)25-17/h6,12,15,17-19,23H,2-5,7-11,13-14H2,1H3/t15?,17?,18?,19-/m0/s1. The lowest BCUT2D eigenvalue weighted by Gasteiger charge is -2.27. The molecule has 0 aliphatic carbocycles. The molecule has 3 unspecified atom stereocenters. The van der Waals surface area contributed by atoms with Gasteiger partial charge in [0.05, 0.1) is 24.7 Å². The molecule has 2 rings (SSSR count). The zero-order chi connectivity index (χ0) is 18.1. The second-order valence-corrected chi connectivity index (χ2v) is 7.64. The number of alkyl halides is 1. The number of likely N-dealkylation sites (tertiary alicyclic amines) is 1. The molecule has 2 aliphatic heterocycles. The molecule has 0 aromatic heterocycles. The summed E-state index contributed by atoms with van der Waals surface area (Å²) in [4.78, 5) is 13.0. The lowest BCUT2D eigenvalue weighted by Crippen LogP contribution is -2.39. The van der Waals surface area contributed by atoms with Crippen LogP contribution in [0.25, 0.3) is 0 Å². The van der Waals surface area contributed by atoms with Gasteiger partial charge in [-0.25, -0.2) is 0 Å². The van der Waals surface area contributed by atoms with Crippen LogP contribution in [0, 0.1) is 0 Å². The number of rotatable bonds is 12. The molecular weight excluding hydrogens is 342 g/mol. The fourth-order valence-corrected chi connectivity index (χ4v) is 3.82. The van der Waals surface area contributed by atoms with E-state index >= 15 is 0 Å². The highest BCUT2D eigenvalue weighted by atomic mass is 35.5. The van der Waals surface area contributed by atoms with E-state index in [-0.39, 0.29) is 23.6 Å². The third-order valence-electron chi connectivity index (χ3n) is 5.06. The molecule has 6 heteroatoms. The Morgan fingerprint density at radius 2 is 2.28 bits per heavy atom. The Labute approximate surface area is 156 Å². The second-order valence-electron chi connectivity index (χ2n) is 7.08. The summed E-state index contributed by atoms with van der Waals surface area (Å²) in [6.45, 7) is 5.04. The first-order chi connectivity index (χ1) is 12.1. The van der Waals surface area contributed by atoms with Gasteiger partial charge < -0.3 is 14.6 Å². The summed E-state index contributed by atoms with van der Waals surface area (Å²) in [6.07, 6.45) is 9.07. The van der Waals surface area contributed by atoms with Crippen molar-refractivity contribution in [2.45, 2.75) is 75.5 Å². The van der Waals surface area contributed by atoms with E-state index in [1.165, 1.54) is 12.8 Å². The maximum atomic E-state index is 10.7. The first kappa shape index (κ1) is 20.7. The van der Waals surface area contributed by atoms with Gasteiger partial charge in [-0.3, -0.25) is 9.69 Å². The van der Waals surface area contributed by atoms with Crippen LogP contribution >= 0.6 is 11.6 Å². The third kappa shape index (κ3) is 6.89. The number of hydrogen-bond donors (Lipinski definition) is 1. The minimum Gasteiger partial charge on any atom is -0.485 e. The highest BCUT2D eigenvalue weighted by Gasteiger charge is 2.33. The molecule has 144 valence electrons. The van der Waals surface area contributed by atoms with E-state index in [0.29, 0.717) is 19.0 Å². The maximum Gasteiger partial charge on any atom is 0.184 e. The summed E-state index contributed by atoms with van der Waals surface area (Å²) in [5.41, 5.74) is 0. The molecule has 2 heterocycles. The number of aldehydes is 1. The minimum absolute atomic E-state index is 0.0655. The topological polar surface area (TPSA) is 59.0 Å². The number of ether oxygens (including phenoxy) is 2. The molecular formula is C19H32ClNO4. The van der Waals surface area contributed by atoms with Crippen molar-refractivity contribution in [1.82, 2.24) is 4.90 Å². The molecule has 0 aromatic carbocycles. The lowest BCUT2D eigenvalue weighted by atomic mass is 10.1. The Balaban J connectivity index is 1.65. The van der Waals surface area contributed by atoms with Gasteiger partial charge in [0.15, 0.2) is 12.0 Å². The van der Waals surface area contributed by atoms with Crippen molar-refractivity contribution in [3.63, 3.8) is 0 Å². The van der Waals surface area contributed by atoms with Gasteiger partial charge in [-0.1, -0.05) is 26.2 Å². The summed E-state index contributed by atoms with van der Waals surface area (Å²) >= 11 is 6.46. The van der Waals surface area contributed by atoms with Crippen molar-refractivity contribution >= 4 is 17.9 Å². The van der Waals surface area contributed by atoms with Crippen LogP contribution in [-0.2, 0) is 14.3 Å². The van der Waals surface area contributed by atoms with Crippen molar-refractivity contribution in [1.29, 1.82) is 0 Å². The van der Waals surface area contributed by atoms with Crippen molar-refractivity contribution in [2.24, 2.45) is 0 Å². The Kier molecular flexibility index (Phi) is 9.24. The number of aliphatic hydroxyl groups is 1. The zero-order valence-corrected chi connectivity index (χ0v) is 16.0. The normalized spacial score (nSPS) is 28.0. The summed E-state index contributed by atoms with van der Waals surface area (Å²) in [6, 6.07) is 0.185. The van der Waals surface area contributed by atoms with Gasteiger partial charge in [-0.05, 0) is 25.3 Å². The molecule has 4 atom stereocenters. The average molecular weight is 374 g/mol. The number of hydrogen-bond acceptors (Lipinski definition) is 5. The van der Waals surface area contributed by atoms with E-state index in [9.17, 15) is 9.90 Å². The maximum absolute atomic E-state index is 10.7. The molecule has 5 nitrogen and oxygen atoms in total. The SMILES string of the molecule is CCCCCC(O)CCN1CCC(Cl)[C@@H]1COCC1CC=C(C=O)O1. The van der Waals surface area contributed by atoms with E-state index in [4.69, 9.17) is 21.1 Å². The molecule has 25 heavy (non-hydrogen) atoms. The van der Waals surface area contributed by atoms with Crippen LogP contribution < -0.4 is 0 Å². The number of nitrogens with zero attached hydrogens (tertiary/aromatic N) is 1. The smallest absolute Gasteiger partial charge is 0.184 e. The number of carbonyl (C=O) groups is 1. The van der Waals surface area contributed by atoms with Crippen LogP contribution in [0.1, 0.15) is 51.9 Å². The Bertz CT molecular complexity index is 432. The summed E-state index contributed by atoms with van der Waals surface area (Å²) < 4.78 is 11.3. The van der Waals surface area contributed by atoms with Gasteiger partial charge in [-0.2, -0.15) is 0 Å². The number of carbonyl (C=O) groups excluding carboxylic acids is 1. The molecule has 1 N–H and O–H groups in total. The predicted octanol–water partition coefficient (Wildman–Crippen LogP) is 2.89. The number of allylic oxidation sites excluding steroid dienone is 1. The van der Waals surface area contributed by atoms with Crippen LogP contribution in [0.15, 0.2) is 11.8 Å². The fraction of sp³-hybridized carbons (Fsp3) is 0.842. The van der Waals surface area contributed by atoms with E-state index < -0.39 is 0 Å². The average Bonchev–Trinajstić information content (AvgIpc) is 3.21. The highest BCUT2D eigenvalue weighted by Crippen LogP contribution is 2.24. The first-order valence-electron chi connectivity index (χ1n) is 9.60. The van der Waals surface area contributed by atoms with Crippen molar-refractivity contribution < 1.29 is 19.4 Å². The molecule has 0 bridgehead atoms. The summed E-state index contributed by atoms with van der Waals surface area (Å²) in [5.74, 6) is 0.406. The zero-order valence-electron chi connectivity index (χ0n) is 15.2. The summed E-state index contributed by atoms with van der Waals surface area (Å²) in [5, 5.41) is 10.2. The number of unbranched alkanes of at least 4 members (excludes halogenated alkanes) is 2. The molecule has 1 fully saturated rings. The Hall–Kier alpha value is -0.620. The van der Waals surface area contributed by atoms with Crippen LogP contribution in [0.3, 0.4) is 0 Å². The van der Waals surface area contributed by atoms with Gasteiger partial charge >= 0.3 is 0 Å². The van der Waals surface area contributed by atoms with Crippen molar-refractivity contribution in [2.75, 3.05) is 26.3 Å². The van der Waals surface area contributed by atoms with Crippen LogP contribution in [-0.4, -0.2) is 66.2 Å². The molecule has 0 spiro atoms. The number of aliphatic hydroxyl groups excluding tert-OH is 1. The molecule has 0 radical (unpaired) electrons. The Morgan fingerprint density at radius 1 is 1.44 bits per heavy atom. The van der Waals surface area contributed by atoms with Gasteiger partial charge in [0.1, 0.15) is 6.10 Å². The second kappa shape index (κ2) is 11.2. The molecule has 1 saturated heterocycles. The van der Waals surface area contributed by atoms with E-state index in [0.717, 1.165) is 51.5 Å². The van der Waals surface area contributed by atoms with Gasteiger partial charge in [-0.15, -0.1) is 11.6 Å². The highest BCUT2D eigenvalue weighted by molar-refractivity contribution is 6.21. The van der Waals surface area contributed by atoms with E-state index in [1.807, 2.05) is 0 Å². The van der Waals surface area contributed by atoms with Gasteiger partial charge in [0, 0.05) is 25.6 Å². The summed E-state index contributed by atoms with van der Waals surface area (Å²) in [7, 11) is 0. The quantitative estimate of drug-likeness (QED) is 0.324. The van der Waals surface area contributed by atoms with Gasteiger partial charge in [0.25, 0.3) is 0 Å². The van der Waals surface area contributed by atoms with Crippen LogP contribution in [0.2, 0.25) is 0 Å². The van der Waals surface area contributed by atoms with E-state index in [2.05, 4.69) is 11.8 Å². The molecule has 0 aromatic rings. The molecule has 0 amide bonds. The fourth-order valence-electron chi connectivity index (χ4n) is 3.49. The lowest BCUT2D eigenvalue weighted by molar-refractivity contribution is -0.108. The molecule has 2 aliphatic rings. The van der Waals surface area contributed by atoms with Crippen molar-refractivity contribution in [3.05, 3.63) is 11.8 Å². The van der Waals surface area contributed by atoms with Crippen LogP contribution in [0.5, 0.6) is 0 Å². The van der Waals surface area contributed by atoms with Crippen molar-refractivity contribution in [3.8, 4) is 0 Å².